The normalized spacial score (nSPS) is 25.6. The molecule has 0 aromatic carbocycles. The molecule has 0 N–H and O–H groups in total. The molecule has 1 heteroatoms. The van der Waals surface area contributed by atoms with Gasteiger partial charge in [-0.2, -0.15) is 0 Å². The summed E-state index contributed by atoms with van der Waals surface area (Å²) in [5.41, 5.74) is 2.93. The molecule has 2 aliphatic carbocycles. The number of hydrogen-bond acceptors (Lipinski definition) is 1. The average Bonchev–Trinajstić information content (AvgIpc) is 2.52. The molecule has 0 saturated heterocycles. The van der Waals surface area contributed by atoms with Crippen LogP contribution in [0.5, 0.6) is 0 Å². The van der Waals surface area contributed by atoms with Gasteiger partial charge in [-0.25, -0.2) is 0 Å². The fourth-order valence-electron chi connectivity index (χ4n) is 3.65. The van der Waals surface area contributed by atoms with Crippen molar-refractivity contribution in [2.24, 2.45) is 21.7 Å². The zero-order valence-electron chi connectivity index (χ0n) is 16.3. The van der Waals surface area contributed by atoms with Crippen LogP contribution in [0.15, 0.2) is 47.1 Å². The van der Waals surface area contributed by atoms with Gasteiger partial charge >= 0.3 is 0 Å². The van der Waals surface area contributed by atoms with E-state index in [-0.39, 0.29) is 22.0 Å². The molecule has 0 aliphatic heterocycles. The summed E-state index contributed by atoms with van der Waals surface area (Å²) in [6, 6.07) is 0. The minimum absolute atomic E-state index is 0.0393. The van der Waals surface area contributed by atoms with Gasteiger partial charge in [0.25, 0.3) is 0 Å². The summed E-state index contributed by atoms with van der Waals surface area (Å²) in [6.07, 6.45) is 10.6. The summed E-state index contributed by atoms with van der Waals surface area (Å²) in [5, 5.41) is 0. The van der Waals surface area contributed by atoms with Crippen LogP contribution in [0.4, 0.5) is 0 Å². The Hall–Kier alpha value is -1.37. The molecule has 1 nitrogen and oxygen atoms in total. The second-order valence-electron chi connectivity index (χ2n) is 10.0. The Balaban J connectivity index is 2.75. The van der Waals surface area contributed by atoms with E-state index in [2.05, 4.69) is 86.6 Å². The molecule has 2 aliphatic rings. The number of fused-ring (bicyclic) bond motifs is 1. The van der Waals surface area contributed by atoms with Gasteiger partial charge in [0, 0.05) is 0 Å². The Bertz CT molecular complexity index is 646. The quantitative estimate of drug-likeness (QED) is 0.532. The lowest BCUT2D eigenvalue weighted by atomic mass is 9.60. The van der Waals surface area contributed by atoms with Gasteiger partial charge in [-0.05, 0) is 39.0 Å². The smallest absolute Gasteiger partial charge is 0.170 e. The molecule has 0 spiro atoms. The SMILES string of the molecule is CC(C)(C)C1=CC=C2C(C(C)(C)C)=CC(=O)C2(C(C)(C)C)C=C1. The number of ketones is 1. The first-order valence-electron chi connectivity index (χ1n) is 8.60. The number of hydrogen-bond donors (Lipinski definition) is 0. The van der Waals surface area contributed by atoms with Crippen LogP contribution in [0.1, 0.15) is 62.3 Å². The van der Waals surface area contributed by atoms with Crippen molar-refractivity contribution in [3.05, 3.63) is 47.1 Å². The summed E-state index contributed by atoms with van der Waals surface area (Å²) in [7, 11) is 0. The molecule has 0 amide bonds. The molecule has 0 aromatic heterocycles. The van der Waals surface area contributed by atoms with E-state index in [4.69, 9.17) is 0 Å². The van der Waals surface area contributed by atoms with Gasteiger partial charge in [0.2, 0.25) is 0 Å². The van der Waals surface area contributed by atoms with Crippen LogP contribution in [0.25, 0.3) is 0 Å². The second-order valence-corrected chi connectivity index (χ2v) is 10.0. The molecule has 2 rings (SSSR count). The Kier molecular flexibility index (Phi) is 3.96. The molecule has 0 saturated carbocycles. The highest BCUT2D eigenvalue weighted by atomic mass is 16.1. The van der Waals surface area contributed by atoms with Crippen molar-refractivity contribution in [2.75, 3.05) is 0 Å². The maximum absolute atomic E-state index is 13.2. The second kappa shape index (κ2) is 5.06. The Labute approximate surface area is 142 Å². The van der Waals surface area contributed by atoms with Gasteiger partial charge in [0.05, 0.1) is 5.41 Å². The van der Waals surface area contributed by atoms with Crippen LogP contribution in [0.2, 0.25) is 0 Å². The van der Waals surface area contributed by atoms with Crippen molar-refractivity contribution in [2.45, 2.75) is 62.3 Å². The van der Waals surface area contributed by atoms with Crippen molar-refractivity contribution in [1.82, 2.24) is 0 Å². The summed E-state index contributed by atoms with van der Waals surface area (Å²) in [6.45, 7) is 19.7. The third kappa shape index (κ3) is 2.79. The van der Waals surface area contributed by atoms with Gasteiger partial charge in [0.15, 0.2) is 5.78 Å². The summed E-state index contributed by atoms with van der Waals surface area (Å²) < 4.78 is 0. The van der Waals surface area contributed by atoms with Crippen LogP contribution in [-0.4, -0.2) is 5.78 Å². The van der Waals surface area contributed by atoms with E-state index < -0.39 is 5.41 Å². The van der Waals surface area contributed by atoms with E-state index in [1.54, 1.807) is 0 Å². The van der Waals surface area contributed by atoms with Gasteiger partial charge in [-0.1, -0.05) is 86.6 Å². The van der Waals surface area contributed by atoms with Crippen LogP contribution in [0, 0.1) is 21.7 Å². The fourth-order valence-corrected chi connectivity index (χ4v) is 3.65. The van der Waals surface area contributed by atoms with Crippen LogP contribution < -0.4 is 0 Å². The molecular formula is C22H32O. The van der Waals surface area contributed by atoms with E-state index in [0.717, 1.165) is 0 Å². The maximum atomic E-state index is 13.2. The zero-order valence-corrected chi connectivity index (χ0v) is 16.3. The van der Waals surface area contributed by atoms with Gasteiger partial charge < -0.3 is 0 Å². The average molecular weight is 312 g/mol. The van der Waals surface area contributed by atoms with Crippen LogP contribution >= 0.6 is 0 Å². The highest BCUT2D eigenvalue weighted by molar-refractivity contribution is 6.06. The number of carbonyl (C=O) groups is 1. The number of allylic oxidation sites excluding steroid dienone is 8. The minimum Gasteiger partial charge on any atom is -0.293 e. The van der Waals surface area contributed by atoms with E-state index in [0.29, 0.717) is 0 Å². The molecule has 0 fully saturated rings. The lowest BCUT2D eigenvalue weighted by Crippen LogP contribution is -2.40. The van der Waals surface area contributed by atoms with Crippen LogP contribution in [-0.2, 0) is 4.79 Å². The first kappa shape index (κ1) is 18.0. The fraction of sp³-hybridized carbons (Fsp3) is 0.591. The van der Waals surface area contributed by atoms with Gasteiger partial charge in [-0.3, -0.25) is 4.79 Å². The first-order chi connectivity index (χ1) is 10.2. The van der Waals surface area contributed by atoms with Crippen molar-refractivity contribution in [3.63, 3.8) is 0 Å². The largest absolute Gasteiger partial charge is 0.293 e. The van der Waals surface area contributed by atoms with E-state index in [1.165, 1.54) is 16.7 Å². The standard InChI is InChI=1S/C22H32O/c1-19(2,3)15-10-11-16-17(20(4,5)6)14-18(23)22(16,13-12-15)21(7,8)9/h10-14H,1-9H3. The van der Waals surface area contributed by atoms with Crippen molar-refractivity contribution in [3.8, 4) is 0 Å². The number of rotatable bonds is 0. The Morgan fingerprint density at radius 1 is 0.826 bits per heavy atom. The summed E-state index contributed by atoms with van der Waals surface area (Å²) >= 11 is 0. The third-order valence-corrected chi connectivity index (χ3v) is 5.18. The minimum atomic E-state index is -0.556. The lowest BCUT2D eigenvalue weighted by molar-refractivity contribution is -0.123. The van der Waals surface area contributed by atoms with E-state index in [9.17, 15) is 4.79 Å². The molecule has 126 valence electrons. The highest BCUT2D eigenvalue weighted by Gasteiger charge is 2.54. The lowest BCUT2D eigenvalue weighted by Gasteiger charge is -2.41. The van der Waals surface area contributed by atoms with Crippen molar-refractivity contribution < 1.29 is 4.79 Å². The number of carbonyl (C=O) groups excluding carboxylic acids is 1. The van der Waals surface area contributed by atoms with Gasteiger partial charge in [0.1, 0.15) is 0 Å². The molecule has 0 aromatic rings. The molecule has 1 atom stereocenters. The highest BCUT2D eigenvalue weighted by Crippen LogP contribution is 2.57. The van der Waals surface area contributed by atoms with E-state index in [1.807, 2.05) is 6.08 Å². The third-order valence-electron chi connectivity index (χ3n) is 5.18. The maximum Gasteiger partial charge on any atom is 0.170 e. The molecule has 23 heavy (non-hydrogen) atoms. The Morgan fingerprint density at radius 3 is 1.83 bits per heavy atom. The Morgan fingerprint density at radius 2 is 1.39 bits per heavy atom. The summed E-state index contributed by atoms with van der Waals surface area (Å²) in [5.74, 6) is 0.223. The molecule has 1 unspecified atom stereocenters. The monoisotopic (exact) mass is 312 g/mol. The summed E-state index contributed by atoms with van der Waals surface area (Å²) in [4.78, 5) is 13.2. The van der Waals surface area contributed by atoms with Crippen molar-refractivity contribution in [1.29, 1.82) is 0 Å². The van der Waals surface area contributed by atoms with Crippen molar-refractivity contribution >= 4 is 5.78 Å². The first-order valence-corrected chi connectivity index (χ1v) is 8.60. The molecule has 0 heterocycles. The van der Waals surface area contributed by atoms with Crippen LogP contribution in [0.3, 0.4) is 0 Å². The predicted octanol–water partition coefficient (Wildman–Crippen LogP) is 6.04. The predicted molar refractivity (Wildman–Crippen MR) is 99.2 cm³/mol. The van der Waals surface area contributed by atoms with E-state index >= 15 is 0 Å². The molecular weight excluding hydrogens is 280 g/mol. The zero-order chi connectivity index (χ0) is 17.8. The molecule has 0 radical (unpaired) electrons. The topological polar surface area (TPSA) is 17.1 Å². The molecule has 0 bridgehead atoms. The van der Waals surface area contributed by atoms with Gasteiger partial charge in [-0.15, -0.1) is 0 Å².